The number of nitrogens with two attached hydrogens (primary N) is 1. The van der Waals surface area contributed by atoms with Crippen LogP contribution < -0.4 is 10.6 Å². The Morgan fingerprint density at radius 1 is 1.35 bits per heavy atom. The number of benzene rings is 1. The molecule has 1 aromatic carbocycles. The molecule has 2 rings (SSSR count). The van der Waals surface area contributed by atoms with Crippen molar-refractivity contribution in [2.24, 2.45) is 0 Å². The Morgan fingerprint density at radius 3 is 2.65 bits per heavy atom. The number of urea groups is 1. The van der Waals surface area contributed by atoms with E-state index < -0.39 is 6.03 Å². The fraction of sp³-hybridized carbons (Fsp3) is 0.308. The summed E-state index contributed by atoms with van der Waals surface area (Å²) in [4.78, 5) is 34.0. The average molecular weight is 275 g/mol. The van der Waals surface area contributed by atoms with E-state index in [-0.39, 0.29) is 12.3 Å². The second-order valence-electron chi connectivity index (χ2n) is 4.56. The third kappa shape index (κ3) is 2.18. The number of imide groups is 1. The number of imidazole rings is 1. The van der Waals surface area contributed by atoms with Crippen LogP contribution in [0.5, 0.6) is 0 Å². The summed E-state index contributed by atoms with van der Waals surface area (Å²) in [6.07, 6.45) is 1.70. The zero-order valence-corrected chi connectivity index (χ0v) is 11.7. The van der Waals surface area contributed by atoms with E-state index in [2.05, 4.69) is 9.97 Å². The second-order valence-corrected chi connectivity index (χ2v) is 4.56. The number of anilines is 2. The van der Waals surface area contributed by atoms with E-state index in [1.165, 1.54) is 11.2 Å². The first kappa shape index (κ1) is 13.9. The lowest BCUT2D eigenvalue weighted by Crippen LogP contribution is -2.43. The molecule has 0 aliphatic rings. The Balaban J connectivity index is 2.68. The molecule has 0 unspecified atom stereocenters. The summed E-state index contributed by atoms with van der Waals surface area (Å²) in [5, 5.41) is 0. The number of hydrogen-bond donors (Lipinski definition) is 2. The summed E-state index contributed by atoms with van der Waals surface area (Å²) >= 11 is 0. The van der Waals surface area contributed by atoms with Crippen molar-refractivity contribution < 1.29 is 9.59 Å². The number of nitrogen functional groups attached to an aromatic ring is 1. The van der Waals surface area contributed by atoms with Crippen molar-refractivity contribution in [1.82, 2.24) is 14.9 Å². The average Bonchev–Trinajstić information content (AvgIpc) is 2.89. The molecule has 0 radical (unpaired) electrons. The van der Waals surface area contributed by atoms with Gasteiger partial charge in [0.2, 0.25) is 5.91 Å². The number of carbonyl (C=O) groups is 2. The lowest BCUT2D eigenvalue weighted by Gasteiger charge is -2.25. The highest BCUT2D eigenvalue weighted by atomic mass is 16.2. The summed E-state index contributed by atoms with van der Waals surface area (Å²) < 4.78 is 0. The van der Waals surface area contributed by atoms with Gasteiger partial charge in [0.05, 0.1) is 17.5 Å². The van der Waals surface area contributed by atoms with Crippen molar-refractivity contribution in [2.45, 2.75) is 13.3 Å². The molecule has 0 fully saturated rings. The van der Waals surface area contributed by atoms with Crippen molar-refractivity contribution in [3.8, 4) is 0 Å². The summed E-state index contributed by atoms with van der Waals surface area (Å²) in [5.41, 5.74) is 7.84. The third-order valence-electron chi connectivity index (χ3n) is 2.95. The Kier molecular flexibility index (Phi) is 3.60. The van der Waals surface area contributed by atoms with Gasteiger partial charge in [-0.25, -0.2) is 14.7 Å². The normalized spacial score (nSPS) is 10.6. The summed E-state index contributed by atoms with van der Waals surface area (Å²) in [6.45, 7) is 1.69. The highest BCUT2D eigenvalue weighted by Gasteiger charge is 2.28. The van der Waals surface area contributed by atoms with Gasteiger partial charge in [-0.1, -0.05) is 6.92 Å². The number of carbonyl (C=O) groups excluding carboxylic acids is 2. The van der Waals surface area contributed by atoms with Crippen molar-refractivity contribution >= 4 is 34.3 Å². The molecule has 3 amide bonds. The van der Waals surface area contributed by atoms with Gasteiger partial charge in [0.1, 0.15) is 11.2 Å². The fourth-order valence-electron chi connectivity index (χ4n) is 1.93. The topological polar surface area (TPSA) is 95.3 Å². The molecule has 2 aromatic rings. The van der Waals surface area contributed by atoms with Gasteiger partial charge in [-0.05, 0) is 12.1 Å². The fourth-order valence-corrected chi connectivity index (χ4v) is 1.93. The maximum Gasteiger partial charge on any atom is 0.330 e. The lowest BCUT2D eigenvalue weighted by molar-refractivity contribution is -0.117. The first-order chi connectivity index (χ1) is 9.47. The summed E-state index contributed by atoms with van der Waals surface area (Å²) in [6, 6.07) is 2.96. The van der Waals surface area contributed by atoms with Crippen molar-refractivity contribution in [3.63, 3.8) is 0 Å². The molecule has 106 valence electrons. The Hall–Kier alpha value is -2.57. The van der Waals surface area contributed by atoms with Crippen molar-refractivity contribution in [3.05, 3.63) is 18.5 Å². The summed E-state index contributed by atoms with van der Waals surface area (Å²) in [5.74, 6) is -0.328. The zero-order valence-electron chi connectivity index (χ0n) is 11.7. The van der Waals surface area contributed by atoms with Crippen LogP contribution in [0.25, 0.3) is 11.0 Å². The number of amides is 3. The van der Waals surface area contributed by atoms with Crippen LogP contribution in [0.3, 0.4) is 0 Å². The van der Waals surface area contributed by atoms with Gasteiger partial charge in [0.15, 0.2) is 0 Å². The molecule has 0 aliphatic heterocycles. The third-order valence-corrected chi connectivity index (χ3v) is 2.95. The number of fused-ring (bicyclic) bond motifs is 1. The summed E-state index contributed by atoms with van der Waals surface area (Å²) in [7, 11) is 3.16. The first-order valence-electron chi connectivity index (χ1n) is 6.23. The number of nitrogens with one attached hydrogen (secondary N) is 1. The smallest absolute Gasteiger partial charge is 0.330 e. The molecule has 7 nitrogen and oxygen atoms in total. The number of aromatic amines is 1. The molecule has 7 heteroatoms. The monoisotopic (exact) mass is 275 g/mol. The minimum Gasteiger partial charge on any atom is -0.397 e. The predicted octanol–water partition coefficient (Wildman–Crippen LogP) is 1.57. The van der Waals surface area contributed by atoms with Gasteiger partial charge in [-0.2, -0.15) is 0 Å². The molecular weight excluding hydrogens is 258 g/mol. The zero-order chi connectivity index (χ0) is 14.9. The highest BCUT2D eigenvalue weighted by molar-refractivity contribution is 6.19. The van der Waals surface area contributed by atoms with Crippen LogP contribution >= 0.6 is 0 Å². The van der Waals surface area contributed by atoms with Crippen LogP contribution in [-0.2, 0) is 4.79 Å². The van der Waals surface area contributed by atoms with Gasteiger partial charge in [-0.15, -0.1) is 0 Å². The standard InChI is InChI=1S/C13H17N5O2/c1-4-10(19)18(13(20)17(2)3)12-8(14)5-6-9-11(12)16-7-15-9/h5-7H,4,14H2,1-3H3,(H,15,16). The maximum atomic E-state index is 12.3. The molecule has 0 aliphatic carbocycles. The van der Waals surface area contributed by atoms with Crippen LogP contribution in [0.4, 0.5) is 16.2 Å². The quantitative estimate of drug-likeness (QED) is 0.813. The van der Waals surface area contributed by atoms with Crippen molar-refractivity contribution in [2.75, 3.05) is 24.7 Å². The van der Waals surface area contributed by atoms with Crippen LogP contribution in [-0.4, -0.2) is 40.9 Å². The van der Waals surface area contributed by atoms with E-state index >= 15 is 0 Å². The minimum atomic E-state index is -0.445. The van der Waals surface area contributed by atoms with E-state index in [0.717, 1.165) is 10.4 Å². The van der Waals surface area contributed by atoms with Gasteiger partial charge in [-0.3, -0.25) is 4.79 Å². The van der Waals surface area contributed by atoms with Gasteiger partial charge in [0.25, 0.3) is 0 Å². The van der Waals surface area contributed by atoms with Gasteiger partial charge < -0.3 is 15.6 Å². The van der Waals surface area contributed by atoms with Crippen molar-refractivity contribution in [1.29, 1.82) is 0 Å². The number of nitrogens with zero attached hydrogens (tertiary/aromatic N) is 3. The SMILES string of the molecule is CCC(=O)N(C(=O)N(C)C)c1c(N)ccc2[nH]cnc12. The number of hydrogen-bond acceptors (Lipinski definition) is 4. The van der Waals surface area contributed by atoms with Crippen LogP contribution in [0.15, 0.2) is 18.5 Å². The van der Waals surface area contributed by atoms with Crippen LogP contribution in [0.1, 0.15) is 13.3 Å². The van der Waals surface area contributed by atoms with Crippen LogP contribution in [0, 0.1) is 0 Å². The molecule has 0 saturated heterocycles. The molecule has 3 N–H and O–H groups in total. The highest BCUT2D eigenvalue weighted by Crippen LogP contribution is 2.32. The molecule has 1 aromatic heterocycles. The predicted molar refractivity (Wildman–Crippen MR) is 77.4 cm³/mol. The van der Waals surface area contributed by atoms with Crippen LogP contribution in [0.2, 0.25) is 0 Å². The van der Waals surface area contributed by atoms with E-state index in [1.807, 2.05) is 0 Å². The van der Waals surface area contributed by atoms with E-state index in [4.69, 9.17) is 5.73 Å². The molecular formula is C13H17N5O2. The number of aromatic nitrogens is 2. The lowest BCUT2D eigenvalue weighted by atomic mass is 10.2. The van der Waals surface area contributed by atoms with Gasteiger partial charge in [0, 0.05) is 20.5 Å². The molecule has 0 saturated carbocycles. The largest absolute Gasteiger partial charge is 0.397 e. The van der Waals surface area contributed by atoms with E-state index in [1.54, 1.807) is 33.2 Å². The van der Waals surface area contributed by atoms with Gasteiger partial charge >= 0.3 is 6.03 Å². The molecule has 0 spiro atoms. The minimum absolute atomic E-state index is 0.194. The Morgan fingerprint density at radius 2 is 2.05 bits per heavy atom. The molecule has 20 heavy (non-hydrogen) atoms. The first-order valence-corrected chi connectivity index (χ1v) is 6.23. The molecule has 0 bridgehead atoms. The number of rotatable bonds is 2. The molecule has 1 heterocycles. The van der Waals surface area contributed by atoms with E-state index in [9.17, 15) is 9.59 Å². The molecule has 0 atom stereocenters. The second kappa shape index (κ2) is 5.20. The number of H-pyrrole nitrogens is 1. The van der Waals surface area contributed by atoms with E-state index in [0.29, 0.717) is 16.9 Å². The Labute approximate surface area is 116 Å². The Bertz CT molecular complexity index is 662. The maximum absolute atomic E-state index is 12.3.